The van der Waals surface area contributed by atoms with Gasteiger partial charge in [0.05, 0.1) is 11.4 Å². The number of aryl methyl sites for hydroxylation is 3. The molecule has 0 atom stereocenters. The normalized spacial score (nSPS) is 10.8. The Labute approximate surface area is 169 Å². The van der Waals surface area contributed by atoms with E-state index in [4.69, 9.17) is 0 Å². The standard InChI is InChI=1S/C19H19BrN4O2S/c1-11-9-15(12(2)8-14(11)20)27-10-17(25)22-23-19(26)18-13(3)21-16-6-4-5-7-24(16)18/h4-9H,10H2,1-3H3,(H,22,25)(H,23,26). The predicted molar refractivity (Wildman–Crippen MR) is 110 cm³/mol. The lowest BCUT2D eigenvalue weighted by atomic mass is 10.2. The highest BCUT2D eigenvalue weighted by Gasteiger charge is 2.17. The second-order valence-electron chi connectivity index (χ2n) is 6.13. The molecule has 0 aliphatic rings. The van der Waals surface area contributed by atoms with E-state index in [2.05, 4.69) is 31.8 Å². The first-order valence-corrected chi connectivity index (χ1v) is 10.1. The Bertz CT molecular complexity index is 1030. The lowest BCUT2D eigenvalue weighted by Gasteiger charge is -2.10. The van der Waals surface area contributed by atoms with Gasteiger partial charge in [-0.1, -0.05) is 22.0 Å². The van der Waals surface area contributed by atoms with Crippen LogP contribution in [0.25, 0.3) is 5.65 Å². The summed E-state index contributed by atoms with van der Waals surface area (Å²) in [6.45, 7) is 5.77. The van der Waals surface area contributed by atoms with Gasteiger partial charge in [0.15, 0.2) is 0 Å². The van der Waals surface area contributed by atoms with Crippen LogP contribution < -0.4 is 10.9 Å². The number of fused-ring (bicyclic) bond motifs is 1. The molecule has 2 aromatic heterocycles. The number of benzene rings is 1. The number of nitrogens with one attached hydrogen (secondary N) is 2. The summed E-state index contributed by atoms with van der Waals surface area (Å²) in [6, 6.07) is 9.57. The van der Waals surface area contributed by atoms with Crippen LogP contribution in [0.1, 0.15) is 27.3 Å². The van der Waals surface area contributed by atoms with E-state index in [-0.39, 0.29) is 11.7 Å². The van der Waals surface area contributed by atoms with Crippen molar-refractivity contribution in [2.75, 3.05) is 5.75 Å². The molecular weight excluding hydrogens is 428 g/mol. The largest absolute Gasteiger partial charge is 0.295 e. The second-order valence-corrected chi connectivity index (χ2v) is 8.00. The van der Waals surface area contributed by atoms with E-state index < -0.39 is 5.91 Å². The topological polar surface area (TPSA) is 75.5 Å². The van der Waals surface area contributed by atoms with Gasteiger partial charge in [-0.25, -0.2) is 4.98 Å². The number of carbonyl (C=O) groups is 2. The molecular formula is C19H19BrN4O2S. The van der Waals surface area contributed by atoms with Gasteiger partial charge in [0.25, 0.3) is 5.91 Å². The summed E-state index contributed by atoms with van der Waals surface area (Å²) in [5, 5.41) is 0. The fourth-order valence-corrected chi connectivity index (χ4v) is 4.03. The Balaban J connectivity index is 1.60. The van der Waals surface area contributed by atoms with Crippen LogP contribution in [-0.4, -0.2) is 27.0 Å². The molecule has 0 unspecified atom stereocenters. The number of aromatic nitrogens is 2. The van der Waals surface area contributed by atoms with E-state index in [0.717, 1.165) is 20.5 Å². The molecule has 2 amide bonds. The van der Waals surface area contributed by atoms with Gasteiger partial charge in [-0.05, 0) is 56.2 Å². The van der Waals surface area contributed by atoms with E-state index in [0.29, 0.717) is 17.0 Å². The zero-order valence-corrected chi connectivity index (χ0v) is 17.6. The number of halogens is 1. The molecule has 0 bridgehead atoms. The molecule has 27 heavy (non-hydrogen) atoms. The molecule has 0 spiro atoms. The zero-order chi connectivity index (χ0) is 19.6. The fraction of sp³-hybridized carbons (Fsp3) is 0.211. The molecule has 0 aliphatic carbocycles. The second kappa shape index (κ2) is 8.14. The highest BCUT2D eigenvalue weighted by Crippen LogP contribution is 2.28. The Morgan fingerprint density at radius 2 is 1.93 bits per heavy atom. The minimum absolute atomic E-state index is 0.203. The van der Waals surface area contributed by atoms with E-state index in [1.807, 2.05) is 44.2 Å². The Hall–Kier alpha value is -2.32. The molecule has 2 N–H and O–H groups in total. The van der Waals surface area contributed by atoms with E-state index >= 15 is 0 Å². The first-order valence-electron chi connectivity index (χ1n) is 8.29. The van der Waals surface area contributed by atoms with Gasteiger partial charge < -0.3 is 0 Å². The highest BCUT2D eigenvalue weighted by molar-refractivity contribution is 9.10. The van der Waals surface area contributed by atoms with E-state index in [9.17, 15) is 9.59 Å². The van der Waals surface area contributed by atoms with Crippen LogP contribution in [-0.2, 0) is 4.79 Å². The van der Waals surface area contributed by atoms with Crippen LogP contribution in [0.4, 0.5) is 0 Å². The number of nitrogens with zero attached hydrogens (tertiary/aromatic N) is 2. The number of rotatable bonds is 4. The quantitative estimate of drug-likeness (QED) is 0.474. The van der Waals surface area contributed by atoms with Gasteiger partial charge in [0.2, 0.25) is 5.91 Å². The summed E-state index contributed by atoms with van der Waals surface area (Å²) >= 11 is 4.93. The van der Waals surface area contributed by atoms with Crippen molar-refractivity contribution in [2.45, 2.75) is 25.7 Å². The van der Waals surface area contributed by atoms with Crippen molar-refractivity contribution < 1.29 is 9.59 Å². The smallest absolute Gasteiger partial charge is 0.288 e. The maximum absolute atomic E-state index is 12.5. The minimum Gasteiger partial charge on any atom is -0.295 e. The van der Waals surface area contributed by atoms with Gasteiger partial charge in [-0.15, -0.1) is 11.8 Å². The number of imidazole rings is 1. The Kier molecular flexibility index (Phi) is 5.86. The first kappa shape index (κ1) is 19.4. The molecule has 2 heterocycles. The third kappa shape index (κ3) is 4.33. The average Bonchev–Trinajstić information content (AvgIpc) is 2.97. The Morgan fingerprint density at radius 1 is 1.15 bits per heavy atom. The van der Waals surface area contributed by atoms with E-state index in [1.54, 1.807) is 17.5 Å². The molecule has 8 heteroatoms. The van der Waals surface area contributed by atoms with Gasteiger partial charge in [-0.3, -0.25) is 24.8 Å². The van der Waals surface area contributed by atoms with Crippen LogP contribution in [0.5, 0.6) is 0 Å². The van der Waals surface area contributed by atoms with Crippen LogP contribution in [0.3, 0.4) is 0 Å². The monoisotopic (exact) mass is 446 g/mol. The molecule has 0 saturated carbocycles. The molecule has 3 rings (SSSR count). The number of carbonyl (C=O) groups excluding carboxylic acids is 2. The van der Waals surface area contributed by atoms with Crippen molar-refractivity contribution >= 4 is 45.2 Å². The van der Waals surface area contributed by atoms with Crippen molar-refractivity contribution in [1.82, 2.24) is 20.2 Å². The van der Waals surface area contributed by atoms with Gasteiger partial charge in [0.1, 0.15) is 11.3 Å². The molecule has 140 valence electrons. The van der Waals surface area contributed by atoms with Gasteiger partial charge in [0, 0.05) is 15.6 Å². The number of amides is 2. The first-order chi connectivity index (χ1) is 12.9. The summed E-state index contributed by atoms with van der Waals surface area (Å²) in [6.07, 6.45) is 1.76. The summed E-state index contributed by atoms with van der Waals surface area (Å²) in [7, 11) is 0. The molecule has 0 saturated heterocycles. The third-order valence-corrected chi connectivity index (χ3v) is 6.06. The molecule has 3 aromatic rings. The summed E-state index contributed by atoms with van der Waals surface area (Å²) in [4.78, 5) is 30.0. The van der Waals surface area contributed by atoms with Crippen LogP contribution in [0, 0.1) is 20.8 Å². The molecule has 1 aromatic carbocycles. The average molecular weight is 447 g/mol. The fourth-order valence-electron chi connectivity index (χ4n) is 2.66. The molecule has 0 radical (unpaired) electrons. The van der Waals surface area contributed by atoms with Crippen molar-refractivity contribution in [3.63, 3.8) is 0 Å². The number of hydrogen-bond donors (Lipinski definition) is 2. The highest BCUT2D eigenvalue weighted by atomic mass is 79.9. The van der Waals surface area contributed by atoms with Crippen LogP contribution >= 0.6 is 27.7 Å². The molecule has 0 fully saturated rings. The van der Waals surface area contributed by atoms with Gasteiger partial charge in [-0.2, -0.15) is 0 Å². The minimum atomic E-state index is -0.403. The molecule has 0 aliphatic heterocycles. The summed E-state index contributed by atoms with van der Waals surface area (Å²) in [5.74, 6) is -0.478. The van der Waals surface area contributed by atoms with Crippen LogP contribution in [0.2, 0.25) is 0 Å². The lowest BCUT2D eigenvalue weighted by Crippen LogP contribution is -2.43. The van der Waals surface area contributed by atoms with Crippen molar-refractivity contribution in [3.05, 3.63) is 63.5 Å². The van der Waals surface area contributed by atoms with Crippen molar-refractivity contribution in [1.29, 1.82) is 0 Å². The third-order valence-electron chi connectivity index (χ3n) is 4.05. The van der Waals surface area contributed by atoms with Gasteiger partial charge >= 0.3 is 0 Å². The zero-order valence-electron chi connectivity index (χ0n) is 15.2. The van der Waals surface area contributed by atoms with Crippen molar-refractivity contribution in [3.8, 4) is 0 Å². The maximum atomic E-state index is 12.5. The SMILES string of the molecule is Cc1cc(SCC(=O)NNC(=O)c2c(C)nc3ccccn23)c(C)cc1Br. The van der Waals surface area contributed by atoms with Crippen LogP contribution in [0.15, 0.2) is 45.9 Å². The summed E-state index contributed by atoms with van der Waals surface area (Å²) in [5.41, 5.74) is 8.83. The van der Waals surface area contributed by atoms with Crippen molar-refractivity contribution in [2.24, 2.45) is 0 Å². The Morgan fingerprint density at radius 3 is 2.70 bits per heavy atom. The lowest BCUT2D eigenvalue weighted by molar-refractivity contribution is -0.119. The summed E-state index contributed by atoms with van der Waals surface area (Å²) < 4.78 is 2.74. The number of hydrazine groups is 1. The van der Waals surface area contributed by atoms with E-state index in [1.165, 1.54) is 11.8 Å². The molecule has 6 nitrogen and oxygen atoms in total. The maximum Gasteiger partial charge on any atom is 0.288 e. The number of hydrogen-bond acceptors (Lipinski definition) is 4. The number of pyridine rings is 1. The predicted octanol–water partition coefficient (Wildman–Crippen LogP) is 3.58. The number of thioether (sulfide) groups is 1.